The van der Waals surface area contributed by atoms with E-state index in [9.17, 15) is 17.6 Å². The summed E-state index contributed by atoms with van der Waals surface area (Å²) in [6, 6.07) is 26.7. The Morgan fingerprint density at radius 3 is 2.53 bits per heavy atom. The minimum absolute atomic E-state index is 0.00146. The zero-order chi connectivity index (χ0) is 30.0. The maximum Gasteiger partial charge on any atom is 0.269 e. The van der Waals surface area contributed by atoms with E-state index in [1.807, 2.05) is 48.5 Å². The number of benzene rings is 3. The van der Waals surface area contributed by atoms with Gasteiger partial charge in [-0.1, -0.05) is 54.6 Å². The van der Waals surface area contributed by atoms with Crippen LogP contribution in [-0.2, 0) is 27.9 Å². The minimum atomic E-state index is -4.06. The topological polar surface area (TPSA) is 84.3 Å². The van der Waals surface area contributed by atoms with Crippen molar-refractivity contribution in [2.75, 3.05) is 17.7 Å². The monoisotopic (exact) mass is 614 g/mol. The Morgan fingerprint density at radius 1 is 1.00 bits per heavy atom. The Bertz CT molecular complexity index is 1880. The molecule has 1 amide bonds. The summed E-state index contributed by atoms with van der Waals surface area (Å²) in [7, 11) is -4.06. The highest BCUT2D eigenvalue weighted by Crippen LogP contribution is 2.39. The fourth-order valence-electron chi connectivity index (χ4n) is 5.60. The Kier molecular flexibility index (Phi) is 8.01. The van der Waals surface area contributed by atoms with Gasteiger partial charge in [-0.2, -0.15) is 0 Å². The summed E-state index contributed by atoms with van der Waals surface area (Å²) in [5.41, 5.74) is 5.06. The molecule has 5 aromatic rings. The van der Waals surface area contributed by atoms with E-state index in [4.69, 9.17) is 11.6 Å². The molecule has 7 nitrogen and oxygen atoms in total. The molecule has 0 fully saturated rings. The highest BCUT2D eigenvalue weighted by atomic mass is 35.5. The van der Waals surface area contributed by atoms with Crippen molar-refractivity contribution in [3.8, 4) is 11.3 Å². The van der Waals surface area contributed by atoms with Gasteiger partial charge < -0.3 is 10.2 Å². The molecule has 218 valence electrons. The number of nitrogens with one attached hydrogen (secondary N) is 1. The van der Waals surface area contributed by atoms with Gasteiger partial charge in [-0.15, -0.1) is 11.6 Å². The van der Waals surface area contributed by atoms with Gasteiger partial charge in [0.1, 0.15) is 16.6 Å². The lowest BCUT2D eigenvalue weighted by Crippen LogP contribution is -2.39. The number of amides is 1. The van der Waals surface area contributed by atoms with Gasteiger partial charge in [0, 0.05) is 55.4 Å². The molecule has 0 bridgehead atoms. The van der Waals surface area contributed by atoms with Crippen LogP contribution in [0.4, 0.5) is 10.1 Å². The van der Waals surface area contributed by atoms with E-state index in [1.54, 1.807) is 35.2 Å². The van der Waals surface area contributed by atoms with E-state index in [0.29, 0.717) is 18.7 Å². The molecule has 1 atom stereocenters. The maximum absolute atomic E-state index is 14.9. The van der Waals surface area contributed by atoms with Crippen LogP contribution in [0.2, 0.25) is 0 Å². The van der Waals surface area contributed by atoms with Crippen LogP contribution in [0.5, 0.6) is 0 Å². The molecule has 0 spiro atoms. The van der Waals surface area contributed by atoms with Crippen LogP contribution in [0.3, 0.4) is 0 Å². The second-order valence-corrected chi connectivity index (χ2v) is 12.4. The molecular formula is C33H28ClFN4O3S. The summed E-state index contributed by atoms with van der Waals surface area (Å²) < 4.78 is 43.4. The number of hydrogen-bond acceptors (Lipinski definition) is 5. The second-order valence-electron chi connectivity index (χ2n) is 10.3. The number of hydrogen-bond donors (Lipinski definition) is 1. The van der Waals surface area contributed by atoms with E-state index in [0.717, 1.165) is 26.4 Å². The molecule has 1 aliphatic rings. The average molecular weight is 615 g/mol. The number of pyridine rings is 1. The number of alkyl halides is 1. The normalized spacial score (nSPS) is 14.7. The number of nitrogens with zero attached hydrogens (tertiary/aromatic N) is 3. The van der Waals surface area contributed by atoms with Crippen LogP contribution in [-0.4, -0.2) is 40.6 Å². The smallest absolute Gasteiger partial charge is 0.269 e. The van der Waals surface area contributed by atoms with E-state index in [-0.39, 0.29) is 40.4 Å². The predicted molar refractivity (Wildman–Crippen MR) is 165 cm³/mol. The Balaban J connectivity index is 1.38. The van der Waals surface area contributed by atoms with E-state index >= 15 is 0 Å². The van der Waals surface area contributed by atoms with Gasteiger partial charge in [-0.25, -0.2) is 16.8 Å². The SMILES string of the molecule is O=C(CCl)N1Cc2cccc(NCc3cc(-c4ccccc4F)n(S(=O)(=O)c4cccnc4)c3)c2C(c2ccccc2)C1. The lowest BCUT2D eigenvalue weighted by atomic mass is 9.83. The predicted octanol–water partition coefficient (Wildman–Crippen LogP) is 6.25. The molecule has 0 aliphatic carbocycles. The summed E-state index contributed by atoms with van der Waals surface area (Å²) in [6.07, 6.45) is 4.29. The molecule has 1 unspecified atom stereocenters. The van der Waals surface area contributed by atoms with E-state index < -0.39 is 15.8 Å². The Labute approximate surface area is 254 Å². The van der Waals surface area contributed by atoms with Gasteiger partial charge in [0.15, 0.2) is 0 Å². The molecular weight excluding hydrogens is 587 g/mol. The van der Waals surface area contributed by atoms with Crippen LogP contribution < -0.4 is 5.32 Å². The molecule has 0 saturated heterocycles. The zero-order valence-corrected chi connectivity index (χ0v) is 24.6. The number of aromatic nitrogens is 2. The summed E-state index contributed by atoms with van der Waals surface area (Å²) in [5, 5.41) is 3.50. The third kappa shape index (κ3) is 5.66. The van der Waals surface area contributed by atoms with Gasteiger partial charge in [-0.3, -0.25) is 9.78 Å². The molecule has 6 rings (SSSR count). The van der Waals surface area contributed by atoms with Crippen molar-refractivity contribution in [1.29, 1.82) is 0 Å². The summed E-state index contributed by atoms with van der Waals surface area (Å²) in [6.45, 7) is 1.20. The van der Waals surface area contributed by atoms with E-state index in [2.05, 4.69) is 10.3 Å². The fourth-order valence-corrected chi connectivity index (χ4v) is 7.12. The van der Waals surface area contributed by atoms with Gasteiger partial charge in [0.05, 0.1) is 5.69 Å². The van der Waals surface area contributed by atoms with Crippen molar-refractivity contribution in [3.63, 3.8) is 0 Å². The number of fused-ring (bicyclic) bond motifs is 1. The van der Waals surface area contributed by atoms with Crippen LogP contribution in [0.25, 0.3) is 11.3 Å². The number of carbonyl (C=O) groups excluding carboxylic acids is 1. The fraction of sp³-hybridized carbons (Fsp3) is 0.152. The largest absolute Gasteiger partial charge is 0.381 e. The first kappa shape index (κ1) is 28.6. The Hall–Kier alpha value is -4.47. The Morgan fingerprint density at radius 2 is 1.79 bits per heavy atom. The van der Waals surface area contributed by atoms with Crippen molar-refractivity contribution in [1.82, 2.24) is 13.9 Å². The molecule has 1 N–H and O–H groups in total. The van der Waals surface area contributed by atoms with Crippen LogP contribution >= 0.6 is 11.6 Å². The van der Waals surface area contributed by atoms with Gasteiger partial charge >= 0.3 is 0 Å². The molecule has 0 radical (unpaired) electrons. The molecule has 43 heavy (non-hydrogen) atoms. The molecule has 1 aliphatic heterocycles. The third-order valence-corrected chi connectivity index (χ3v) is 9.53. The standard InChI is InChI=1S/C33H28ClFN4O3S/c34-17-32(40)38-21-25-10-6-14-30(33(25)28(22-38)24-8-2-1-3-9-24)37-18-23-16-31(27-12-4-5-13-29(27)35)39(20-23)43(41,42)26-11-7-15-36-19-26/h1-16,19-20,28,37H,17-18,21-22H2. The first-order valence-electron chi connectivity index (χ1n) is 13.7. The number of anilines is 1. The van der Waals surface area contributed by atoms with Crippen molar-refractivity contribution in [2.45, 2.75) is 23.9 Å². The van der Waals surface area contributed by atoms with Crippen LogP contribution in [0, 0.1) is 5.82 Å². The first-order chi connectivity index (χ1) is 20.9. The second kappa shape index (κ2) is 12.0. The van der Waals surface area contributed by atoms with Crippen LogP contribution in [0.15, 0.2) is 114 Å². The summed E-state index contributed by atoms with van der Waals surface area (Å²) in [4.78, 5) is 18.3. The first-order valence-corrected chi connectivity index (χ1v) is 15.7. The maximum atomic E-state index is 14.9. The van der Waals surface area contributed by atoms with Gasteiger partial charge in [0.2, 0.25) is 5.91 Å². The van der Waals surface area contributed by atoms with E-state index in [1.165, 1.54) is 30.7 Å². The highest BCUT2D eigenvalue weighted by molar-refractivity contribution is 7.90. The lowest BCUT2D eigenvalue weighted by Gasteiger charge is -2.36. The lowest BCUT2D eigenvalue weighted by molar-refractivity contribution is -0.129. The summed E-state index contributed by atoms with van der Waals surface area (Å²) in [5.74, 6) is -0.826. The highest BCUT2D eigenvalue weighted by Gasteiger charge is 2.31. The molecule has 3 heterocycles. The number of carbonyl (C=O) groups is 1. The van der Waals surface area contributed by atoms with Crippen LogP contribution in [0.1, 0.15) is 28.2 Å². The van der Waals surface area contributed by atoms with Crippen molar-refractivity contribution < 1.29 is 17.6 Å². The number of rotatable bonds is 8. The molecule has 3 aromatic carbocycles. The summed E-state index contributed by atoms with van der Waals surface area (Å²) >= 11 is 5.92. The van der Waals surface area contributed by atoms with Gasteiger partial charge in [-0.05, 0) is 58.7 Å². The van der Waals surface area contributed by atoms with Gasteiger partial charge in [0.25, 0.3) is 10.0 Å². The number of halogens is 2. The third-order valence-electron chi connectivity index (χ3n) is 7.64. The van der Waals surface area contributed by atoms with Crippen molar-refractivity contribution in [2.24, 2.45) is 0 Å². The molecule has 10 heteroatoms. The molecule has 0 saturated carbocycles. The zero-order valence-electron chi connectivity index (χ0n) is 23.0. The quantitative estimate of drug-likeness (QED) is 0.209. The average Bonchev–Trinajstić information content (AvgIpc) is 3.49. The minimum Gasteiger partial charge on any atom is -0.381 e. The molecule has 2 aromatic heterocycles. The van der Waals surface area contributed by atoms with Crippen molar-refractivity contribution >= 4 is 33.2 Å². The van der Waals surface area contributed by atoms with Crippen molar-refractivity contribution in [3.05, 3.63) is 138 Å².